The number of hydrogen-bond donors (Lipinski definition) is 1. The van der Waals surface area contributed by atoms with Gasteiger partial charge in [0.05, 0.1) is 30.6 Å². The highest BCUT2D eigenvalue weighted by Gasteiger charge is 2.44. The predicted octanol–water partition coefficient (Wildman–Crippen LogP) is 4.43. The molecule has 0 radical (unpaired) electrons. The zero-order chi connectivity index (χ0) is 30.8. The number of carbonyl (C=O) groups is 2. The third-order valence-electron chi connectivity index (χ3n) is 6.77. The summed E-state index contributed by atoms with van der Waals surface area (Å²) in [5, 5.41) is 10.5. The molecular formula is C26H27F7N4O5. The molecule has 3 amide bonds. The quantitative estimate of drug-likeness (QED) is 0.469. The van der Waals surface area contributed by atoms with Crippen LogP contribution in [0.2, 0.25) is 0 Å². The van der Waals surface area contributed by atoms with Gasteiger partial charge in [-0.2, -0.15) is 26.3 Å². The van der Waals surface area contributed by atoms with E-state index in [0.29, 0.717) is 37.3 Å². The molecule has 0 bridgehead atoms. The lowest BCUT2D eigenvalue weighted by molar-refractivity contribution is -0.143. The Hall–Kier alpha value is -3.63. The Morgan fingerprint density at radius 1 is 1.00 bits per heavy atom. The normalized spacial score (nSPS) is 17.5. The van der Waals surface area contributed by atoms with E-state index in [1.807, 2.05) is 4.90 Å². The molecule has 2 aliphatic heterocycles. The van der Waals surface area contributed by atoms with Gasteiger partial charge < -0.3 is 19.5 Å². The van der Waals surface area contributed by atoms with Crippen LogP contribution in [0.3, 0.4) is 0 Å². The van der Waals surface area contributed by atoms with Crippen LogP contribution in [0, 0.1) is 5.82 Å². The van der Waals surface area contributed by atoms with E-state index < -0.39 is 59.0 Å². The summed E-state index contributed by atoms with van der Waals surface area (Å²) < 4.78 is 107. The second-order valence-corrected chi connectivity index (χ2v) is 9.72. The minimum atomic E-state index is -5.42. The molecule has 42 heavy (non-hydrogen) atoms. The van der Waals surface area contributed by atoms with Crippen molar-refractivity contribution in [2.24, 2.45) is 0 Å². The van der Waals surface area contributed by atoms with Crippen molar-refractivity contribution in [1.82, 2.24) is 9.80 Å². The molecule has 1 atom stereocenters. The maximum Gasteiger partial charge on any atom is 0.420 e. The number of benzene rings is 2. The van der Waals surface area contributed by atoms with Gasteiger partial charge in [-0.1, -0.05) is 0 Å². The van der Waals surface area contributed by atoms with Gasteiger partial charge in [0.1, 0.15) is 11.4 Å². The van der Waals surface area contributed by atoms with Crippen LogP contribution in [0.25, 0.3) is 0 Å². The summed E-state index contributed by atoms with van der Waals surface area (Å²) in [7, 11) is 1.10. The van der Waals surface area contributed by atoms with Gasteiger partial charge in [-0.15, -0.1) is 0 Å². The van der Waals surface area contributed by atoms with E-state index in [2.05, 4.69) is 0 Å². The van der Waals surface area contributed by atoms with Gasteiger partial charge in [-0.25, -0.2) is 14.0 Å². The van der Waals surface area contributed by atoms with Gasteiger partial charge in [0.15, 0.2) is 5.75 Å². The molecule has 0 aromatic heterocycles. The summed E-state index contributed by atoms with van der Waals surface area (Å²) in [4.78, 5) is 30.5. The van der Waals surface area contributed by atoms with Crippen molar-refractivity contribution in [3.8, 4) is 5.75 Å². The van der Waals surface area contributed by atoms with E-state index in [4.69, 9.17) is 9.47 Å². The van der Waals surface area contributed by atoms with Gasteiger partial charge in [-0.05, 0) is 36.4 Å². The van der Waals surface area contributed by atoms with Gasteiger partial charge in [-0.3, -0.25) is 14.7 Å². The van der Waals surface area contributed by atoms with E-state index in [1.165, 1.54) is 0 Å². The van der Waals surface area contributed by atoms with Crippen LogP contribution in [0.4, 0.5) is 51.7 Å². The average Bonchev–Trinajstić information content (AvgIpc) is 3.27. The molecule has 2 aromatic carbocycles. The number of hydrogen-bond acceptors (Lipinski definition) is 6. The van der Waals surface area contributed by atoms with Crippen LogP contribution >= 0.6 is 0 Å². The molecule has 9 nitrogen and oxygen atoms in total. The van der Waals surface area contributed by atoms with Gasteiger partial charge in [0.2, 0.25) is 0 Å². The number of ether oxygens (including phenoxy) is 2. The van der Waals surface area contributed by atoms with Crippen molar-refractivity contribution in [2.45, 2.75) is 18.5 Å². The molecule has 230 valence electrons. The maximum atomic E-state index is 14.1. The molecule has 2 saturated heterocycles. The Bertz CT molecular complexity index is 1280. The molecule has 0 spiro atoms. The third-order valence-corrected chi connectivity index (χ3v) is 6.77. The van der Waals surface area contributed by atoms with E-state index in [-0.39, 0.29) is 37.9 Å². The summed E-state index contributed by atoms with van der Waals surface area (Å²) in [5.41, 5.74) is -4.55. The molecule has 0 aliphatic carbocycles. The Labute approximate surface area is 235 Å². The molecule has 1 unspecified atom stereocenters. The number of nitrogens with zero attached hydrogens (tertiary/aromatic N) is 4. The van der Waals surface area contributed by atoms with Crippen molar-refractivity contribution in [2.75, 3.05) is 69.3 Å². The van der Waals surface area contributed by atoms with Crippen molar-refractivity contribution in [3.63, 3.8) is 0 Å². The van der Waals surface area contributed by atoms with Crippen molar-refractivity contribution < 1.29 is 54.9 Å². The van der Waals surface area contributed by atoms with Gasteiger partial charge in [0, 0.05) is 52.0 Å². The molecule has 1 N–H and O–H groups in total. The smallest absolute Gasteiger partial charge is 0.407 e. The zero-order valence-corrected chi connectivity index (χ0v) is 22.2. The summed E-state index contributed by atoms with van der Waals surface area (Å²) in [5.74, 6) is -1.96. The molecule has 2 aliphatic rings. The summed E-state index contributed by atoms with van der Waals surface area (Å²) >= 11 is 0. The summed E-state index contributed by atoms with van der Waals surface area (Å²) in [6.45, 7) is 1.47. The maximum absolute atomic E-state index is 14.1. The van der Waals surface area contributed by atoms with Crippen LogP contribution in [-0.4, -0.2) is 92.7 Å². The molecule has 16 heteroatoms. The number of aliphatic hydroxyl groups is 1. The number of morpholine rings is 1. The number of carbonyl (C=O) groups excluding carboxylic acids is 2. The van der Waals surface area contributed by atoms with E-state index in [0.717, 1.165) is 41.1 Å². The van der Waals surface area contributed by atoms with Crippen LogP contribution in [-0.2, 0) is 17.1 Å². The molecule has 4 rings (SSSR count). The van der Waals surface area contributed by atoms with Crippen molar-refractivity contribution in [3.05, 3.63) is 53.3 Å². The molecule has 2 fully saturated rings. The lowest BCUT2D eigenvalue weighted by Crippen LogP contribution is -2.45. The molecule has 2 aromatic rings. The predicted molar refractivity (Wildman–Crippen MR) is 135 cm³/mol. The molecular weight excluding hydrogens is 581 g/mol. The topological polar surface area (TPSA) is 85.8 Å². The highest BCUT2D eigenvalue weighted by atomic mass is 19.4. The fourth-order valence-corrected chi connectivity index (χ4v) is 4.59. The van der Waals surface area contributed by atoms with E-state index >= 15 is 0 Å². The summed E-state index contributed by atoms with van der Waals surface area (Å²) in [6.07, 6.45) is -13.1. The lowest BCUT2D eigenvalue weighted by Gasteiger charge is -2.30. The van der Waals surface area contributed by atoms with Crippen LogP contribution < -0.4 is 14.5 Å². The number of rotatable bonds is 7. The highest BCUT2D eigenvalue weighted by molar-refractivity contribution is 5.97. The Morgan fingerprint density at radius 3 is 2.24 bits per heavy atom. The third kappa shape index (κ3) is 7.22. The number of halogens is 7. The van der Waals surface area contributed by atoms with Crippen LogP contribution in [0.1, 0.15) is 11.1 Å². The van der Waals surface area contributed by atoms with Crippen molar-refractivity contribution >= 4 is 23.5 Å². The first-order chi connectivity index (χ1) is 19.6. The first-order valence-electron chi connectivity index (χ1n) is 12.7. The average molecular weight is 609 g/mol. The second-order valence-electron chi connectivity index (χ2n) is 9.72. The highest BCUT2D eigenvalue weighted by Crippen LogP contribution is 2.47. The SMILES string of the molecule is CN(C(=O)Oc1c(N2CCN(CC(O)CN3CCOCC3)C2=O)cc(C(F)(F)F)cc1C(F)(F)F)c1ccc(F)cc1. The lowest BCUT2D eigenvalue weighted by atomic mass is 10.1. The standard InChI is InChI=1S/C26H27F7N4O5/c1-34(18-4-2-17(27)3-5-18)24(40)42-22-20(26(31,32)33)12-16(25(28,29)30)13-21(22)37-7-6-36(23(37)39)15-19(38)14-35-8-10-41-11-9-35/h2-5,12-13,19,38H,6-11,14-15H2,1H3. The second kappa shape index (κ2) is 12.3. The number of aliphatic hydroxyl groups excluding tert-OH is 1. The minimum Gasteiger partial charge on any atom is -0.407 e. The monoisotopic (exact) mass is 608 g/mol. The Balaban J connectivity index is 1.66. The zero-order valence-electron chi connectivity index (χ0n) is 22.2. The van der Waals surface area contributed by atoms with E-state index in [9.17, 15) is 45.4 Å². The number of alkyl halides is 6. The van der Waals surface area contributed by atoms with Gasteiger partial charge >= 0.3 is 24.5 Å². The van der Waals surface area contributed by atoms with E-state index in [1.54, 1.807) is 0 Å². The first-order valence-corrected chi connectivity index (χ1v) is 12.7. The van der Waals surface area contributed by atoms with Crippen molar-refractivity contribution in [1.29, 1.82) is 0 Å². The van der Waals surface area contributed by atoms with Gasteiger partial charge in [0.25, 0.3) is 0 Å². The Kier molecular flexibility index (Phi) is 9.18. The van der Waals surface area contributed by atoms with Crippen LogP contribution in [0.5, 0.6) is 5.75 Å². The number of anilines is 2. The largest absolute Gasteiger partial charge is 0.420 e. The number of urea groups is 1. The number of amides is 3. The molecule has 0 saturated carbocycles. The molecule has 2 heterocycles. The Morgan fingerprint density at radius 2 is 1.64 bits per heavy atom. The minimum absolute atomic E-state index is 0.0149. The summed E-state index contributed by atoms with van der Waals surface area (Å²) in [6, 6.07) is 3.37. The fourth-order valence-electron chi connectivity index (χ4n) is 4.59. The number of β-amino-alcohol motifs (C(OH)–C–C–N with tert-alkyl or cyclic N) is 1. The first kappa shape index (κ1) is 31.3. The van der Waals surface area contributed by atoms with Crippen LogP contribution in [0.15, 0.2) is 36.4 Å². The fraction of sp³-hybridized carbons (Fsp3) is 0.462.